The van der Waals surface area contributed by atoms with Crippen LogP contribution < -0.4 is 16.1 Å². The summed E-state index contributed by atoms with van der Waals surface area (Å²) in [5.41, 5.74) is 3.75. The molecule has 168 valence electrons. The summed E-state index contributed by atoms with van der Waals surface area (Å²) in [4.78, 5) is 49.3. The van der Waals surface area contributed by atoms with Crippen LogP contribution in [0.3, 0.4) is 0 Å². The monoisotopic (exact) mass is 439 g/mol. The van der Waals surface area contributed by atoms with Gasteiger partial charge in [-0.15, -0.1) is 0 Å². The third-order valence-corrected chi connectivity index (χ3v) is 4.82. The summed E-state index contributed by atoms with van der Waals surface area (Å²) in [6, 6.07) is 10.2. The van der Waals surface area contributed by atoms with Gasteiger partial charge in [0.1, 0.15) is 11.5 Å². The number of hydrazone groups is 1. The molecule has 0 spiro atoms. The summed E-state index contributed by atoms with van der Waals surface area (Å²) >= 11 is 0. The number of aryl methyl sites for hydroxylation is 1. The van der Waals surface area contributed by atoms with Gasteiger partial charge in [0.15, 0.2) is 0 Å². The molecule has 4 amide bonds. The highest BCUT2D eigenvalue weighted by atomic mass is 16.3. The molecule has 1 aromatic heterocycles. The molecular weight excluding hydrogens is 414 g/mol. The Labute approximate surface area is 185 Å². The largest absolute Gasteiger partial charge is 0.458 e. The Balaban J connectivity index is 1.42. The predicted octanol–water partition coefficient (Wildman–Crippen LogP) is 1.31. The Hall–Kier alpha value is -3.95. The zero-order valence-corrected chi connectivity index (χ0v) is 17.7. The van der Waals surface area contributed by atoms with E-state index in [0.29, 0.717) is 30.3 Å². The molecule has 1 aliphatic rings. The van der Waals surface area contributed by atoms with Crippen molar-refractivity contribution in [3.8, 4) is 0 Å². The third-order valence-electron chi connectivity index (χ3n) is 4.82. The number of nitrogens with zero attached hydrogens (tertiary/aromatic N) is 2. The maximum absolute atomic E-state index is 12.0. The van der Waals surface area contributed by atoms with Gasteiger partial charge in [0, 0.05) is 18.8 Å². The number of furan rings is 1. The maximum atomic E-state index is 12.0. The van der Waals surface area contributed by atoms with E-state index in [2.05, 4.69) is 21.2 Å². The van der Waals surface area contributed by atoms with E-state index in [4.69, 9.17) is 4.42 Å². The lowest BCUT2D eigenvalue weighted by Crippen LogP contribution is -2.43. The Morgan fingerprint density at radius 2 is 1.69 bits per heavy atom. The average molecular weight is 439 g/mol. The number of rotatable bonds is 5. The van der Waals surface area contributed by atoms with Crippen molar-refractivity contribution in [1.29, 1.82) is 0 Å². The van der Waals surface area contributed by atoms with Crippen LogP contribution in [0, 0.1) is 6.92 Å². The Morgan fingerprint density at radius 3 is 2.41 bits per heavy atom. The molecule has 10 heteroatoms. The minimum atomic E-state index is -0.805. The summed E-state index contributed by atoms with van der Waals surface area (Å²) in [6.07, 6.45) is 4.09. The van der Waals surface area contributed by atoms with Crippen molar-refractivity contribution < 1.29 is 23.6 Å². The van der Waals surface area contributed by atoms with Gasteiger partial charge in [0.05, 0.1) is 12.8 Å². The van der Waals surface area contributed by atoms with E-state index < -0.39 is 23.6 Å². The minimum Gasteiger partial charge on any atom is -0.458 e. The normalized spacial score (nSPS) is 13.6. The summed E-state index contributed by atoms with van der Waals surface area (Å²) in [5, 5.41) is 8.70. The van der Waals surface area contributed by atoms with Crippen LogP contribution in [0.2, 0.25) is 0 Å². The fraction of sp³-hybridized carbons (Fsp3) is 0.318. The molecule has 3 N–H and O–H groups in total. The number of hydrogen-bond donors (Lipinski definition) is 3. The van der Waals surface area contributed by atoms with Crippen molar-refractivity contribution in [3.63, 3.8) is 0 Å². The van der Waals surface area contributed by atoms with Crippen LogP contribution in [-0.2, 0) is 25.7 Å². The van der Waals surface area contributed by atoms with E-state index in [1.807, 2.05) is 19.1 Å². The summed E-state index contributed by atoms with van der Waals surface area (Å²) in [6.45, 7) is 3.07. The molecule has 0 aliphatic carbocycles. The van der Waals surface area contributed by atoms with Crippen LogP contribution in [0.4, 0.5) is 5.69 Å². The average Bonchev–Trinajstić information content (AvgIpc) is 3.26. The predicted molar refractivity (Wildman–Crippen MR) is 117 cm³/mol. The smallest absolute Gasteiger partial charge is 0.329 e. The lowest BCUT2D eigenvalue weighted by Gasteiger charge is -2.25. The number of piperidine rings is 1. The number of hydrogen-bond acceptors (Lipinski definition) is 6. The lowest BCUT2D eigenvalue weighted by atomic mass is 10.1. The van der Waals surface area contributed by atoms with E-state index in [1.54, 1.807) is 24.3 Å². The van der Waals surface area contributed by atoms with E-state index >= 15 is 0 Å². The van der Waals surface area contributed by atoms with E-state index in [9.17, 15) is 19.2 Å². The number of likely N-dealkylation sites (tertiary alicyclic amines) is 1. The zero-order valence-electron chi connectivity index (χ0n) is 17.7. The van der Waals surface area contributed by atoms with E-state index in [-0.39, 0.29) is 6.54 Å². The van der Waals surface area contributed by atoms with Crippen molar-refractivity contribution in [1.82, 2.24) is 15.6 Å². The molecule has 2 aromatic rings. The van der Waals surface area contributed by atoms with E-state index in [1.165, 1.54) is 11.1 Å². The molecule has 10 nitrogen and oxygen atoms in total. The molecule has 0 bridgehead atoms. The summed E-state index contributed by atoms with van der Waals surface area (Å²) in [7, 11) is 0. The van der Waals surface area contributed by atoms with Gasteiger partial charge in [-0.1, -0.05) is 17.7 Å². The second-order valence-corrected chi connectivity index (χ2v) is 7.36. The second-order valence-electron chi connectivity index (χ2n) is 7.36. The SMILES string of the molecule is Cc1ccc(NC(=O)C(=O)NCc2ccc(/C=N/NC(=O)C(=O)N3CCCCC3)o2)cc1. The van der Waals surface area contributed by atoms with Crippen LogP contribution in [-0.4, -0.2) is 47.8 Å². The Bertz CT molecular complexity index is 1010. The lowest BCUT2D eigenvalue weighted by molar-refractivity contribution is -0.146. The maximum Gasteiger partial charge on any atom is 0.329 e. The fourth-order valence-electron chi connectivity index (χ4n) is 3.07. The molecule has 0 atom stereocenters. The van der Waals surface area contributed by atoms with Crippen molar-refractivity contribution in [3.05, 3.63) is 53.5 Å². The first-order valence-corrected chi connectivity index (χ1v) is 10.3. The summed E-state index contributed by atoms with van der Waals surface area (Å²) in [5.74, 6) is -2.30. The van der Waals surface area contributed by atoms with E-state index in [0.717, 1.165) is 24.8 Å². The van der Waals surface area contributed by atoms with Crippen LogP contribution in [0.5, 0.6) is 0 Å². The second kappa shape index (κ2) is 10.9. The number of benzene rings is 1. The van der Waals surface area contributed by atoms with Crippen molar-refractivity contribution in [2.24, 2.45) is 5.10 Å². The van der Waals surface area contributed by atoms with Gasteiger partial charge in [0.25, 0.3) is 0 Å². The van der Waals surface area contributed by atoms with Gasteiger partial charge in [0.2, 0.25) is 0 Å². The highest BCUT2D eigenvalue weighted by molar-refractivity contribution is 6.39. The molecule has 1 aliphatic heterocycles. The van der Waals surface area contributed by atoms with Gasteiger partial charge in [-0.05, 0) is 50.5 Å². The number of carbonyl (C=O) groups excluding carboxylic acids is 4. The van der Waals surface area contributed by atoms with Crippen molar-refractivity contribution in [2.75, 3.05) is 18.4 Å². The van der Waals surface area contributed by atoms with Crippen molar-refractivity contribution in [2.45, 2.75) is 32.7 Å². The standard InChI is InChI=1S/C22H25N5O5/c1-15-5-7-16(8-6-15)25-20(29)19(28)23-13-17-9-10-18(32-17)14-24-26-21(30)22(31)27-11-3-2-4-12-27/h5-10,14H,2-4,11-13H2,1H3,(H,23,28)(H,25,29)(H,26,30)/b24-14+. The Morgan fingerprint density at radius 1 is 0.969 bits per heavy atom. The van der Waals surface area contributed by atoms with Gasteiger partial charge in [-0.25, -0.2) is 5.43 Å². The number of carbonyl (C=O) groups is 4. The van der Waals surface area contributed by atoms with Crippen molar-refractivity contribution >= 4 is 35.5 Å². The zero-order chi connectivity index (χ0) is 22.9. The first-order chi connectivity index (χ1) is 15.4. The van der Waals surface area contributed by atoms with Gasteiger partial charge < -0.3 is 20.0 Å². The van der Waals surface area contributed by atoms with Crippen LogP contribution in [0.1, 0.15) is 36.3 Å². The highest BCUT2D eigenvalue weighted by Gasteiger charge is 2.22. The molecule has 1 aromatic carbocycles. The number of amides is 4. The third kappa shape index (κ3) is 6.53. The molecule has 32 heavy (non-hydrogen) atoms. The molecule has 0 saturated carbocycles. The van der Waals surface area contributed by atoms with Crippen LogP contribution >= 0.6 is 0 Å². The number of nitrogens with one attached hydrogen (secondary N) is 3. The molecule has 1 fully saturated rings. The highest BCUT2D eigenvalue weighted by Crippen LogP contribution is 2.10. The molecule has 3 rings (SSSR count). The molecule has 0 unspecified atom stereocenters. The van der Waals surface area contributed by atoms with Gasteiger partial charge in [-0.2, -0.15) is 5.10 Å². The number of anilines is 1. The quantitative estimate of drug-likeness (QED) is 0.367. The Kier molecular flexibility index (Phi) is 7.74. The fourth-order valence-corrected chi connectivity index (χ4v) is 3.07. The molecule has 1 saturated heterocycles. The molecular formula is C22H25N5O5. The first-order valence-electron chi connectivity index (χ1n) is 10.3. The first kappa shape index (κ1) is 22.7. The van der Waals surface area contributed by atoms with Crippen LogP contribution in [0.25, 0.3) is 0 Å². The summed E-state index contributed by atoms with van der Waals surface area (Å²) < 4.78 is 5.46. The van der Waals surface area contributed by atoms with Crippen LogP contribution in [0.15, 0.2) is 45.9 Å². The molecule has 2 heterocycles. The minimum absolute atomic E-state index is 0.00615. The van der Waals surface area contributed by atoms with Gasteiger partial charge >= 0.3 is 23.6 Å². The topological polar surface area (TPSA) is 133 Å². The van der Waals surface area contributed by atoms with Gasteiger partial charge in [-0.3, -0.25) is 19.2 Å². The molecule has 0 radical (unpaired) electrons.